The molecule has 0 atom stereocenters. The number of rotatable bonds is 3. The van der Waals surface area contributed by atoms with E-state index in [9.17, 15) is 5.26 Å². The summed E-state index contributed by atoms with van der Waals surface area (Å²) in [6, 6.07) is 2.01. The van der Waals surface area contributed by atoms with Gasteiger partial charge in [0.15, 0.2) is 29.1 Å². The number of hydrogen-bond acceptors (Lipinski definition) is 6. The SMILES string of the molecule is [B]OC(=C(C#N)c1oc(C)nc1C)c1oc(C)nc1C. The molecule has 2 aromatic rings. The van der Waals surface area contributed by atoms with Crippen molar-refractivity contribution < 1.29 is 13.5 Å². The van der Waals surface area contributed by atoms with E-state index in [0.29, 0.717) is 34.7 Å². The number of allylic oxidation sites excluding steroid dienone is 1. The Morgan fingerprint density at radius 3 is 1.90 bits per heavy atom. The first-order chi connectivity index (χ1) is 9.47. The Morgan fingerprint density at radius 1 is 1.05 bits per heavy atom. The van der Waals surface area contributed by atoms with E-state index in [2.05, 4.69) is 9.97 Å². The molecule has 0 spiro atoms. The van der Waals surface area contributed by atoms with E-state index in [1.54, 1.807) is 27.7 Å². The van der Waals surface area contributed by atoms with E-state index < -0.39 is 0 Å². The normalized spacial score (nSPS) is 11.9. The number of nitriles is 1. The second-order valence-corrected chi connectivity index (χ2v) is 4.23. The van der Waals surface area contributed by atoms with Gasteiger partial charge in [0.1, 0.15) is 11.6 Å². The van der Waals surface area contributed by atoms with Crippen LogP contribution >= 0.6 is 0 Å². The molecule has 0 unspecified atom stereocenters. The van der Waals surface area contributed by atoms with Crippen molar-refractivity contribution in [2.45, 2.75) is 27.7 Å². The predicted molar refractivity (Wildman–Crippen MR) is 71.2 cm³/mol. The number of aromatic nitrogens is 2. The van der Waals surface area contributed by atoms with Crippen LogP contribution in [0.25, 0.3) is 11.3 Å². The zero-order chi connectivity index (χ0) is 14.9. The maximum Gasteiger partial charge on any atom is 0.374 e. The van der Waals surface area contributed by atoms with E-state index in [1.165, 1.54) is 0 Å². The summed E-state index contributed by atoms with van der Waals surface area (Å²) in [5, 5.41) is 9.38. The van der Waals surface area contributed by atoms with Crippen LogP contribution in [-0.4, -0.2) is 18.0 Å². The van der Waals surface area contributed by atoms with Gasteiger partial charge in [-0.1, -0.05) is 0 Å². The summed E-state index contributed by atoms with van der Waals surface area (Å²) in [5.41, 5.74) is 1.26. The Balaban J connectivity index is 2.69. The summed E-state index contributed by atoms with van der Waals surface area (Å²) in [5.74, 6) is 1.58. The first kappa shape index (κ1) is 13.9. The molecule has 2 aromatic heterocycles. The maximum atomic E-state index is 9.38. The molecule has 20 heavy (non-hydrogen) atoms. The second kappa shape index (κ2) is 5.25. The molecule has 0 aliphatic carbocycles. The predicted octanol–water partition coefficient (Wildman–Crippen LogP) is 2.39. The highest BCUT2D eigenvalue weighted by atomic mass is 16.4. The molecule has 0 saturated heterocycles. The van der Waals surface area contributed by atoms with E-state index in [4.69, 9.17) is 21.5 Å². The second-order valence-electron chi connectivity index (χ2n) is 4.23. The Labute approximate surface area is 117 Å². The summed E-state index contributed by atoms with van der Waals surface area (Å²) in [7, 11) is 5.29. The Hall–Kier alpha value is -2.49. The fourth-order valence-electron chi connectivity index (χ4n) is 1.94. The van der Waals surface area contributed by atoms with Crippen LogP contribution in [0.4, 0.5) is 0 Å². The molecule has 2 heterocycles. The van der Waals surface area contributed by atoms with Crippen molar-refractivity contribution in [2.24, 2.45) is 0 Å². The minimum atomic E-state index is 0.0739. The topological polar surface area (TPSA) is 85.1 Å². The van der Waals surface area contributed by atoms with Crippen molar-refractivity contribution in [3.05, 3.63) is 34.7 Å². The molecule has 0 amide bonds. The third kappa shape index (κ3) is 2.32. The molecule has 2 radical (unpaired) electrons. The molecular weight excluding hydrogens is 257 g/mol. The van der Waals surface area contributed by atoms with Gasteiger partial charge in [-0.2, -0.15) is 5.26 Å². The standard InChI is InChI=1S/C13H12BN3O3/c1-6-11(18-8(3)16-6)10(5-15)13(20-14)12-7(2)17-9(4)19-12/h1-4H3. The van der Waals surface area contributed by atoms with E-state index in [0.717, 1.165) is 0 Å². The highest BCUT2D eigenvalue weighted by Crippen LogP contribution is 2.30. The van der Waals surface area contributed by atoms with Gasteiger partial charge in [0, 0.05) is 13.8 Å². The van der Waals surface area contributed by atoms with Crippen LogP contribution < -0.4 is 0 Å². The molecule has 100 valence electrons. The third-order valence-corrected chi connectivity index (χ3v) is 2.70. The van der Waals surface area contributed by atoms with Gasteiger partial charge in [-0.15, -0.1) is 0 Å². The number of hydrogen-bond donors (Lipinski definition) is 0. The molecular formula is C13H12BN3O3. The van der Waals surface area contributed by atoms with Crippen molar-refractivity contribution in [3.8, 4) is 6.07 Å². The zero-order valence-corrected chi connectivity index (χ0v) is 11.6. The van der Waals surface area contributed by atoms with Crippen molar-refractivity contribution in [3.63, 3.8) is 0 Å². The minimum Gasteiger partial charge on any atom is -0.564 e. The summed E-state index contributed by atoms with van der Waals surface area (Å²) in [6.45, 7) is 6.85. The van der Waals surface area contributed by atoms with Crippen LogP contribution in [0.1, 0.15) is 34.7 Å². The smallest absolute Gasteiger partial charge is 0.374 e. The maximum absolute atomic E-state index is 9.38. The van der Waals surface area contributed by atoms with Crippen LogP contribution in [0.5, 0.6) is 0 Å². The van der Waals surface area contributed by atoms with E-state index in [-0.39, 0.29) is 11.3 Å². The van der Waals surface area contributed by atoms with Crippen molar-refractivity contribution in [1.82, 2.24) is 9.97 Å². The first-order valence-corrected chi connectivity index (χ1v) is 5.87. The van der Waals surface area contributed by atoms with Gasteiger partial charge in [-0.25, -0.2) is 9.97 Å². The summed E-state index contributed by atoms with van der Waals surface area (Å²) < 4.78 is 15.7. The fourth-order valence-corrected chi connectivity index (χ4v) is 1.94. The Kier molecular flexibility index (Phi) is 3.66. The zero-order valence-electron chi connectivity index (χ0n) is 11.6. The minimum absolute atomic E-state index is 0.0739. The molecule has 0 aliphatic rings. The highest BCUT2D eigenvalue weighted by Gasteiger charge is 2.23. The van der Waals surface area contributed by atoms with Crippen LogP contribution in [0.3, 0.4) is 0 Å². The number of oxazole rings is 2. The quantitative estimate of drug-likeness (QED) is 0.483. The van der Waals surface area contributed by atoms with Gasteiger partial charge >= 0.3 is 8.05 Å². The van der Waals surface area contributed by atoms with Crippen LogP contribution in [-0.2, 0) is 4.65 Å². The Morgan fingerprint density at radius 2 is 1.55 bits per heavy atom. The van der Waals surface area contributed by atoms with Gasteiger partial charge < -0.3 is 13.5 Å². The van der Waals surface area contributed by atoms with Crippen molar-refractivity contribution in [2.75, 3.05) is 0 Å². The van der Waals surface area contributed by atoms with Crippen molar-refractivity contribution in [1.29, 1.82) is 5.26 Å². The molecule has 0 aromatic carbocycles. The molecule has 0 bridgehead atoms. The summed E-state index contributed by atoms with van der Waals surface area (Å²) >= 11 is 0. The monoisotopic (exact) mass is 269 g/mol. The van der Waals surface area contributed by atoms with Gasteiger partial charge in [-0.3, -0.25) is 0 Å². The molecule has 0 fully saturated rings. The van der Waals surface area contributed by atoms with Crippen LogP contribution in [0, 0.1) is 39.0 Å². The third-order valence-electron chi connectivity index (χ3n) is 2.70. The van der Waals surface area contributed by atoms with Crippen LogP contribution in [0.15, 0.2) is 8.83 Å². The van der Waals surface area contributed by atoms with E-state index in [1.807, 2.05) is 6.07 Å². The summed E-state index contributed by atoms with van der Waals surface area (Å²) in [6.07, 6.45) is 0. The molecule has 7 heteroatoms. The van der Waals surface area contributed by atoms with E-state index >= 15 is 0 Å². The fraction of sp³-hybridized carbons (Fsp3) is 0.308. The molecule has 2 rings (SSSR count). The van der Waals surface area contributed by atoms with Crippen LogP contribution in [0.2, 0.25) is 0 Å². The number of nitrogens with zero attached hydrogens (tertiary/aromatic N) is 3. The highest BCUT2D eigenvalue weighted by molar-refractivity contribution is 6.06. The Bertz CT molecular complexity index is 722. The van der Waals surface area contributed by atoms with Gasteiger partial charge in [-0.05, 0) is 13.8 Å². The molecule has 0 aliphatic heterocycles. The first-order valence-electron chi connectivity index (χ1n) is 5.87. The van der Waals surface area contributed by atoms with Gasteiger partial charge in [0.05, 0.1) is 11.4 Å². The average Bonchev–Trinajstić information content (AvgIpc) is 2.88. The number of aryl methyl sites for hydroxylation is 4. The lowest BCUT2D eigenvalue weighted by atomic mass is 10.1. The van der Waals surface area contributed by atoms with Gasteiger partial charge in [0.2, 0.25) is 0 Å². The molecule has 6 nitrogen and oxygen atoms in total. The summed E-state index contributed by atoms with van der Waals surface area (Å²) in [4.78, 5) is 8.25. The molecule has 0 N–H and O–H groups in total. The van der Waals surface area contributed by atoms with Crippen molar-refractivity contribution >= 4 is 19.4 Å². The van der Waals surface area contributed by atoms with Gasteiger partial charge in [0.25, 0.3) is 0 Å². The lowest BCUT2D eigenvalue weighted by Gasteiger charge is -2.06. The largest absolute Gasteiger partial charge is 0.564 e. The molecule has 0 saturated carbocycles. The lowest BCUT2D eigenvalue weighted by molar-refractivity contribution is 0.466. The average molecular weight is 269 g/mol. The lowest BCUT2D eigenvalue weighted by Crippen LogP contribution is -1.95.